The van der Waals surface area contributed by atoms with E-state index in [0.29, 0.717) is 28.2 Å². The first-order valence-corrected chi connectivity index (χ1v) is 11.3. The topological polar surface area (TPSA) is 125 Å². The fraction of sp³-hybridized carbons (Fsp3) is 0.227. The molecule has 33 heavy (non-hydrogen) atoms. The molecule has 3 N–H and O–H groups in total. The molecule has 3 aromatic heterocycles. The summed E-state index contributed by atoms with van der Waals surface area (Å²) in [6.45, 7) is 5.65. The molecule has 174 valence electrons. The summed E-state index contributed by atoms with van der Waals surface area (Å²) in [5.74, 6) is 2.16. The van der Waals surface area contributed by atoms with Crippen LogP contribution in [0, 0.1) is 13.8 Å². The van der Waals surface area contributed by atoms with Crippen molar-refractivity contribution < 1.29 is 13.5 Å². The number of benzene rings is 1. The maximum absolute atomic E-state index is 12.3. The predicted molar refractivity (Wildman–Crippen MR) is 132 cm³/mol. The maximum atomic E-state index is 12.3. The van der Waals surface area contributed by atoms with E-state index in [0.717, 1.165) is 35.9 Å². The van der Waals surface area contributed by atoms with E-state index in [9.17, 15) is 4.79 Å². The number of anilines is 4. The Balaban J connectivity index is 0.00000152. The molecule has 0 radical (unpaired) electrons. The van der Waals surface area contributed by atoms with Gasteiger partial charge in [-0.2, -0.15) is 5.10 Å². The van der Waals surface area contributed by atoms with Gasteiger partial charge in [-0.05, 0) is 56.3 Å². The van der Waals surface area contributed by atoms with Gasteiger partial charge in [-0.15, -0.1) is 0 Å². The van der Waals surface area contributed by atoms with Crippen LogP contribution in [-0.4, -0.2) is 44.1 Å². The largest absolute Gasteiger partial charge is 0.438 e. The average molecular weight is 469 g/mol. The highest BCUT2D eigenvalue weighted by molar-refractivity contribution is 7.99. The van der Waals surface area contributed by atoms with E-state index in [1.165, 1.54) is 18.2 Å². The number of carbonyl (C=O) groups is 1. The zero-order valence-corrected chi connectivity index (χ0v) is 18.9. The second-order valence-corrected chi connectivity index (χ2v) is 8.68. The van der Waals surface area contributed by atoms with Crippen LogP contribution in [0.4, 0.5) is 23.1 Å². The Kier molecular flexibility index (Phi) is 5.69. The number of amides is 1. The highest BCUT2D eigenvalue weighted by Crippen LogP contribution is 2.31. The van der Waals surface area contributed by atoms with Crippen molar-refractivity contribution in [1.82, 2.24) is 25.1 Å². The lowest BCUT2D eigenvalue weighted by molar-refractivity contribution is 0.0996. The first kappa shape index (κ1) is 21.0. The summed E-state index contributed by atoms with van der Waals surface area (Å²) in [6.07, 6.45) is 2.42. The number of hydrogen-bond donors (Lipinski definition) is 3. The highest BCUT2D eigenvalue weighted by atomic mass is 32.2. The molecule has 1 amide bonds. The number of carbonyl (C=O) groups excluding carboxylic acids is 1. The molecule has 10 nitrogen and oxygen atoms in total. The number of H-pyrrole nitrogens is 1. The van der Waals surface area contributed by atoms with Gasteiger partial charge in [0.2, 0.25) is 5.76 Å². The van der Waals surface area contributed by atoms with E-state index in [2.05, 4.69) is 35.7 Å². The number of nitrogens with zero attached hydrogens (tertiary/aromatic N) is 5. The lowest BCUT2D eigenvalue weighted by atomic mass is 10.2. The van der Waals surface area contributed by atoms with Gasteiger partial charge in [0.15, 0.2) is 17.4 Å². The molecule has 4 aromatic rings. The van der Waals surface area contributed by atoms with Gasteiger partial charge in [0.1, 0.15) is 11.6 Å². The van der Waals surface area contributed by atoms with Gasteiger partial charge in [-0.1, -0.05) is 0 Å². The van der Waals surface area contributed by atoms with Crippen LogP contribution in [0.2, 0.25) is 0 Å². The molecule has 0 spiro atoms. The van der Waals surface area contributed by atoms with E-state index >= 15 is 0 Å². The van der Waals surface area contributed by atoms with Crippen molar-refractivity contribution in [1.29, 1.82) is 0 Å². The van der Waals surface area contributed by atoms with Crippen LogP contribution in [0.1, 0.15) is 32.6 Å². The smallest absolute Gasteiger partial charge is 0.293 e. The lowest BCUT2D eigenvalue weighted by Crippen LogP contribution is -2.37. The van der Waals surface area contributed by atoms with Crippen LogP contribution in [-0.2, 0) is 0 Å². The van der Waals surface area contributed by atoms with Gasteiger partial charge in [-0.25, -0.2) is 15.0 Å². The molecule has 0 saturated carbocycles. The Morgan fingerprint density at radius 3 is 2.61 bits per heavy atom. The number of aromatic nitrogens is 5. The molecule has 0 atom stereocenters. The quantitative estimate of drug-likeness (QED) is 0.325. The minimum atomic E-state index is -0.333. The van der Waals surface area contributed by atoms with E-state index in [4.69, 9.17) is 9.40 Å². The highest BCUT2D eigenvalue weighted by Gasteiger charge is 2.19. The average Bonchev–Trinajstić information content (AvgIpc) is 3.36. The summed E-state index contributed by atoms with van der Waals surface area (Å²) in [5.41, 5.74) is 2.18. The molecule has 1 saturated heterocycles. The van der Waals surface area contributed by atoms with Crippen molar-refractivity contribution in [2.75, 3.05) is 28.6 Å². The number of aryl methyl sites for hydroxylation is 2. The molecule has 1 aromatic carbocycles. The van der Waals surface area contributed by atoms with Gasteiger partial charge in [0.25, 0.3) is 5.91 Å². The number of rotatable bonds is 7. The van der Waals surface area contributed by atoms with Crippen LogP contribution < -0.4 is 15.5 Å². The third kappa shape index (κ3) is 4.82. The van der Waals surface area contributed by atoms with Crippen LogP contribution in [0.15, 0.2) is 57.3 Å². The number of hydrogen-bond acceptors (Lipinski definition) is 9. The van der Waals surface area contributed by atoms with Gasteiger partial charge in [0, 0.05) is 45.8 Å². The Bertz CT molecular complexity index is 1290. The van der Waals surface area contributed by atoms with Crippen molar-refractivity contribution >= 4 is 40.8 Å². The third-order valence-corrected chi connectivity index (χ3v) is 5.98. The Hall–Kier alpha value is -3.86. The second-order valence-electron chi connectivity index (χ2n) is 7.64. The first-order chi connectivity index (χ1) is 16.0. The number of aromatic amines is 1. The monoisotopic (exact) mass is 468 g/mol. The summed E-state index contributed by atoms with van der Waals surface area (Å²) < 4.78 is 5.14. The molecule has 0 aliphatic carbocycles. The van der Waals surface area contributed by atoms with Crippen molar-refractivity contribution in [3.63, 3.8) is 0 Å². The van der Waals surface area contributed by atoms with Crippen LogP contribution >= 0.6 is 11.8 Å². The molecule has 11 heteroatoms. The van der Waals surface area contributed by atoms with E-state index in [1.807, 2.05) is 43.3 Å². The van der Waals surface area contributed by atoms with Crippen molar-refractivity contribution in [3.05, 3.63) is 59.9 Å². The fourth-order valence-corrected chi connectivity index (χ4v) is 4.03. The minimum Gasteiger partial charge on any atom is -0.438 e. The predicted octanol–water partition coefficient (Wildman–Crippen LogP) is 4.90. The molecule has 5 rings (SSSR count). The zero-order chi connectivity index (χ0) is 22.8. The summed E-state index contributed by atoms with van der Waals surface area (Å²) >= 11 is 1.45. The van der Waals surface area contributed by atoms with Gasteiger partial charge >= 0.3 is 0 Å². The van der Waals surface area contributed by atoms with E-state index in [-0.39, 0.29) is 15.9 Å². The van der Waals surface area contributed by atoms with Crippen molar-refractivity contribution in [2.45, 2.75) is 30.3 Å². The van der Waals surface area contributed by atoms with Crippen LogP contribution in [0.3, 0.4) is 0 Å². The molecule has 4 heterocycles. The lowest BCUT2D eigenvalue weighted by Gasteiger charge is -2.32. The summed E-state index contributed by atoms with van der Waals surface area (Å²) in [6, 6.07) is 11.4. The molecule has 1 aliphatic heterocycles. The van der Waals surface area contributed by atoms with Crippen LogP contribution in [0.25, 0.3) is 0 Å². The Morgan fingerprint density at radius 1 is 1.15 bits per heavy atom. The zero-order valence-electron chi connectivity index (χ0n) is 18.1. The normalized spacial score (nSPS) is 13.0. The fourth-order valence-electron chi connectivity index (χ4n) is 3.26. The molecule has 0 bridgehead atoms. The summed E-state index contributed by atoms with van der Waals surface area (Å²) in [7, 11) is 0. The SMILES string of the molecule is Cc1cc(Nc2cc(N3CCC3)nc(Sc3ccc(NC(=O)c4ocnc4C)cc3)n2)n[nH]1.[HH].[HH].[HH]. The van der Waals surface area contributed by atoms with Crippen molar-refractivity contribution in [2.24, 2.45) is 0 Å². The standard InChI is InChI=1S/C22H22N8O2S.3H2/c1-13-10-18(29-28-13)25-17-11-19(30-8-3-9-30)27-22(26-17)33-16-6-4-15(5-7-16)24-21(31)20-14(2)23-12-32-20;;;/h4-7,10-12H,3,8-9H2,1-2H3,(H,24,31)(H2,25,26,27,28,29);3*1H. The number of nitrogens with one attached hydrogen (secondary N) is 3. The molecule has 1 fully saturated rings. The molecular formula is C22H28N8O2S. The summed E-state index contributed by atoms with van der Waals surface area (Å²) in [5, 5.41) is 13.8. The minimum absolute atomic E-state index is 0. The first-order valence-electron chi connectivity index (χ1n) is 10.5. The maximum Gasteiger partial charge on any atom is 0.293 e. The second kappa shape index (κ2) is 8.94. The van der Waals surface area contributed by atoms with E-state index < -0.39 is 0 Å². The molecular weight excluding hydrogens is 440 g/mol. The van der Waals surface area contributed by atoms with E-state index in [1.54, 1.807) is 6.92 Å². The van der Waals surface area contributed by atoms with Gasteiger partial charge in [-0.3, -0.25) is 9.89 Å². The van der Waals surface area contributed by atoms with Gasteiger partial charge in [0.05, 0.1) is 5.69 Å². The molecule has 0 unspecified atom stereocenters. The summed E-state index contributed by atoms with van der Waals surface area (Å²) in [4.78, 5) is 28.8. The van der Waals surface area contributed by atoms with Crippen molar-refractivity contribution in [3.8, 4) is 0 Å². The molecule has 1 aliphatic rings. The Morgan fingerprint density at radius 2 is 1.97 bits per heavy atom. The van der Waals surface area contributed by atoms with Crippen LogP contribution in [0.5, 0.6) is 0 Å². The number of oxazole rings is 1. The third-order valence-electron chi connectivity index (χ3n) is 5.11. The van der Waals surface area contributed by atoms with Gasteiger partial charge < -0.3 is 20.0 Å². The Labute approximate surface area is 198 Å².